The largest absolute Gasteiger partial charge is 0.467 e. The number of nitrogens with one attached hydrogen (secondary N) is 1. The predicted octanol–water partition coefficient (Wildman–Crippen LogP) is 5.42. The van der Waals surface area contributed by atoms with Crippen LogP contribution in [0.4, 0.5) is 19.0 Å². The first-order valence-electron chi connectivity index (χ1n) is 11.0. The Bertz CT molecular complexity index is 1500. The summed E-state index contributed by atoms with van der Waals surface area (Å²) in [7, 11) is 1.23. The monoisotopic (exact) mass is 478 g/mol. The summed E-state index contributed by atoms with van der Waals surface area (Å²) >= 11 is 0. The van der Waals surface area contributed by atoms with Crippen LogP contribution in [0, 0.1) is 0 Å². The number of anilines is 1. The Hall–Kier alpha value is -4.07. The Labute approximate surface area is 198 Å². The van der Waals surface area contributed by atoms with Crippen LogP contribution in [0.1, 0.15) is 22.7 Å². The number of methoxy groups -OCH3 is 1. The molecule has 3 aromatic carbocycles. The molecule has 0 saturated heterocycles. The van der Waals surface area contributed by atoms with Crippen LogP contribution in [-0.4, -0.2) is 24.2 Å². The number of benzene rings is 3. The van der Waals surface area contributed by atoms with Gasteiger partial charge >= 0.3 is 12.1 Å². The van der Waals surface area contributed by atoms with Gasteiger partial charge in [-0.3, -0.25) is 9.36 Å². The van der Waals surface area contributed by atoms with Gasteiger partial charge in [0.1, 0.15) is 5.82 Å². The molecule has 1 aromatic heterocycles. The predicted molar refractivity (Wildman–Crippen MR) is 127 cm³/mol. The molecule has 1 atom stereocenters. The van der Waals surface area contributed by atoms with Gasteiger partial charge in [0.2, 0.25) is 0 Å². The molecule has 4 aromatic rings. The van der Waals surface area contributed by atoms with Gasteiger partial charge < -0.3 is 10.1 Å². The van der Waals surface area contributed by atoms with E-state index in [1.807, 2.05) is 42.5 Å². The Morgan fingerprint density at radius 1 is 1.03 bits per heavy atom. The molecule has 5 nitrogen and oxygen atoms in total. The first kappa shape index (κ1) is 22.7. The van der Waals surface area contributed by atoms with Gasteiger partial charge in [0.05, 0.1) is 12.7 Å². The molecule has 35 heavy (non-hydrogen) atoms. The Kier molecular flexibility index (Phi) is 5.59. The molecule has 0 bridgehead atoms. The van der Waals surface area contributed by atoms with Crippen molar-refractivity contribution in [2.24, 2.45) is 0 Å². The summed E-state index contributed by atoms with van der Waals surface area (Å²) in [6, 6.07) is 19.1. The van der Waals surface area contributed by atoms with E-state index >= 15 is 0 Å². The number of fused-ring (bicyclic) bond motifs is 2. The number of aromatic nitrogens is 1. The third-order valence-electron chi connectivity index (χ3n) is 6.32. The fourth-order valence-corrected chi connectivity index (χ4v) is 4.73. The second-order valence-electron chi connectivity index (χ2n) is 8.41. The average molecular weight is 478 g/mol. The lowest BCUT2D eigenvalue weighted by Gasteiger charge is -2.19. The maximum atomic E-state index is 13.5. The summed E-state index contributed by atoms with van der Waals surface area (Å²) in [5.41, 5.74) is 1.04. The quantitative estimate of drug-likeness (QED) is 0.398. The highest BCUT2D eigenvalue weighted by atomic mass is 19.4. The third-order valence-corrected chi connectivity index (χ3v) is 6.32. The number of rotatable bonds is 4. The fraction of sp³-hybridized carbons (Fsp3) is 0.185. The molecule has 1 unspecified atom stereocenters. The molecule has 0 saturated carbocycles. The smallest absolute Gasteiger partial charge is 0.416 e. The van der Waals surface area contributed by atoms with E-state index in [9.17, 15) is 22.8 Å². The number of ether oxygens (including phenoxy) is 1. The molecule has 0 fully saturated rings. The van der Waals surface area contributed by atoms with Crippen molar-refractivity contribution < 1.29 is 22.7 Å². The summed E-state index contributed by atoms with van der Waals surface area (Å²) in [6.07, 6.45) is -4.21. The molecule has 1 N–H and O–H groups in total. The van der Waals surface area contributed by atoms with Crippen molar-refractivity contribution in [3.63, 3.8) is 0 Å². The topological polar surface area (TPSA) is 60.3 Å². The van der Waals surface area contributed by atoms with Gasteiger partial charge in [-0.2, -0.15) is 13.2 Å². The average Bonchev–Trinajstić information content (AvgIpc) is 3.29. The SMILES string of the molecule is COC(=O)C1CNc2c(-c3cccc(C(F)(F)F)c3)c(Cc3cccc4ccccc34)cc(=O)n21. The standard InChI is InChI=1S/C27H21F3N2O3/c1-35-26(34)22-15-31-25-24(18-9-5-10-20(13-18)27(28,29)30)19(14-23(33)32(22)25)12-17-8-4-7-16-6-2-3-11-21(16)17/h2-11,13-14,22,31H,12,15H2,1H3. The molecule has 0 radical (unpaired) electrons. The third kappa shape index (κ3) is 4.05. The van der Waals surface area contributed by atoms with Crippen LogP contribution in [-0.2, 0) is 22.1 Å². The second-order valence-corrected chi connectivity index (χ2v) is 8.41. The van der Waals surface area contributed by atoms with Crippen LogP contribution < -0.4 is 10.9 Å². The molecule has 1 aliphatic rings. The van der Waals surface area contributed by atoms with E-state index in [-0.39, 0.29) is 6.54 Å². The summed E-state index contributed by atoms with van der Waals surface area (Å²) in [6.45, 7) is 0.103. The van der Waals surface area contributed by atoms with Crippen LogP contribution in [0.15, 0.2) is 77.6 Å². The van der Waals surface area contributed by atoms with E-state index in [0.717, 1.165) is 28.5 Å². The minimum absolute atomic E-state index is 0.103. The minimum atomic E-state index is -4.53. The lowest BCUT2D eigenvalue weighted by atomic mass is 9.92. The zero-order chi connectivity index (χ0) is 24.7. The number of carbonyl (C=O) groups is 1. The number of hydrogen-bond donors (Lipinski definition) is 1. The number of nitrogens with zero attached hydrogens (tertiary/aromatic N) is 1. The maximum Gasteiger partial charge on any atom is 0.416 e. The molecule has 0 aliphatic carbocycles. The Morgan fingerprint density at radius 2 is 1.77 bits per heavy atom. The van der Waals surface area contributed by atoms with Gasteiger partial charge in [-0.1, -0.05) is 54.6 Å². The van der Waals surface area contributed by atoms with Crippen LogP contribution in [0.2, 0.25) is 0 Å². The van der Waals surface area contributed by atoms with E-state index in [1.54, 1.807) is 6.07 Å². The zero-order valence-corrected chi connectivity index (χ0v) is 18.7. The minimum Gasteiger partial charge on any atom is -0.467 e. The van der Waals surface area contributed by atoms with E-state index in [0.29, 0.717) is 28.9 Å². The molecule has 178 valence electrons. The molecule has 0 amide bonds. The maximum absolute atomic E-state index is 13.5. The molecule has 1 aliphatic heterocycles. The number of esters is 1. The van der Waals surface area contributed by atoms with E-state index < -0.39 is 29.3 Å². The van der Waals surface area contributed by atoms with Crippen LogP contribution in [0.5, 0.6) is 0 Å². The second kappa shape index (κ2) is 8.61. The van der Waals surface area contributed by atoms with Crippen molar-refractivity contribution in [3.05, 3.63) is 99.8 Å². The van der Waals surface area contributed by atoms with Crippen molar-refractivity contribution in [2.45, 2.75) is 18.6 Å². The van der Waals surface area contributed by atoms with Gasteiger partial charge in [0, 0.05) is 18.2 Å². The van der Waals surface area contributed by atoms with E-state index in [1.165, 1.54) is 23.8 Å². The molecular weight excluding hydrogens is 457 g/mol. The number of carbonyl (C=O) groups excluding carboxylic acids is 1. The van der Waals surface area contributed by atoms with E-state index in [4.69, 9.17) is 4.74 Å². The fourth-order valence-electron chi connectivity index (χ4n) is 4.73. The Morgan fingerprint density at radius 3 is 2.54 bits per heavy atom. The van der Waals surface area contributed by atoms with E-state index in [2.05, 4.69) is 5.32 Å². The normalized spacial score (nSPS) is 15.0. The van der Waals surface area contributed by atoms with Crippen LogP contribution >= 0.6 is 0 Å². The highest BCUT2D eigenvalue weighted by Crippen LogP contribution is 2.39. The first-order chi connectivity index (χ1) is 16.8. The van der Waals surface area contributed by atoms with Crippen molar-refractivity contribution in [1.82, 2.24) is 4.57 Å². The molecule has 8 heteroatoms. The van der Waals surface area contributed by atoms with Crippen LogP contribution in [0.25, 0.3) is 21.9 Å². The molecule has 5 rings (SSSR count). The number of alkyl halides is 3. The molecule has 0 spiro atoms. The highest BCUT2D eigenvalue weighted by molar-refractivity contribution is 5.88. The summed E-state index contributed by atoms with van der Waals surface area (Å²) in [5, 5.41) is 5.09. The van der Waals surface area contributed by atoms with Crippen molar-refractivity contribution in [2.75, 3.05) is 19.0 Å². The number of hydrogen-bond acceptors (Lipinski definition) is 4. The summed E-state index contributed by atoms with van der Waals surface area (Å²) < 4.78 is 46.7. The number of pyridine rings is 1. The van der Waals surface area contributed by atoms with Gasteiger partial charge in [-0.15, -0.1) is 0 Å². The number of halogens is 3. The molecule has 2 heterocycles. The van der Waals surface area contributed by atoms with Crippen molar-refractivity contribution in [1.29, 1.82) is 0 Å². The van der Waals surface area contributed by atoms with Gasteiger partial charge in [0.15, 0.2) is 6.04 Å². The van der Waals surface area contributed by atoms with Crippen molar-refractivity contribution >= 4 is 22.6 Å². The van der Waals surface area contributed by atoms with Crippen LogP contribution in [0.3, 0.4) is 0 Å². The van der Waals surface area contributed by atoms with Gasteiger partial charge in [0.25, 0.3) is 5.56 Å². The first-order valence-corrected chi connectivity index (χ1v) is 11.0. The zero-order valence-electron chi connectivity index (χ0n) is 18.7. The van der Waals surface area contributed by atoms with Crippen molar-refractivity contribution in [3.8, 4) is 11.1 Å². The summed E-state index contributed by atoms with van der Waals surface area (Å²) in [4.78, 5) is 25.5. The lowest BCUT2D eigenvalue weighted by molar-refractivity contribution is -0.143. The summed E-state index contributed by atoms with van der Waals surface area (Å²) in [5.74, 6) is -0.294. The van der Waals surface area contributed by atoms with Gasteiger partial charge in [-0.05, 0) is 46.0 Å². The highest BCUT2D eigenvalue weighted by Gasteiger charge is 2.34. The van der Waals surface area contributed by atoms with Gasteiger partial charge in [-0.25, -0.2) is 4.79 Å². The lowest BCUT2D eigenvalue weighted by Crippen LogP contribution is -2.29. The molecular formula is C27H21F3N2O3. The Balaban J connectivity index is 1.74.